The van der Waals surface area contributed by atoms with Crippen LogP contribution in [0.1, 0.15) is 63.2 Å². The number of carbonyl (C=O) groups excluding carboxylic acids is 1. The second-order valence-electron chi connectivity index (χ2n) is 9.06. The molecule has 158 valence electrons. The first-order valence-corrected chi connectivity index (χ1v) is 11.2. The fourth-order valence-electron chi connectivity index (χ4n) is 4.51. The Morgan fingerprint density at radius 2 is 1.61 bits per heavy atom. The number of hydrogen-bond acceptors (Lipinski definition) is 4. The number of amides is 1. The molecule has 1 amide bonds. The number of carbonyl (C=O) groups is 1. The summed E-state index contributed by atoms with van der Waals surface area (Å²) in [5, 5.41) is 3.19. The molecule has 2 unspecified atom stereocenters. The van der Waals surface area contributed by atoms with Crippen molar-refractivity contribution >= 4 is 28.3 Å². The summed E-state index contributed by atoms with van der Waals surface area (Å²) >= 11 is 0. The number of hydrogen-bond donors (Lipinski definition) is 3. The molecule has 8 heteroatoms. The molecule has 2 fully saturated rings. The lowest BCUT2D eigenvalue weighted by Crippen LogP contribution is -2.53. The van der Waals surface area contributed by atoms with E-state index in [0.717, 1.165) is 25.7 Å². The van der Waals surface area contributed by atoms with Gasteiger partial charge in [0.15, 0.2) is 0 Å². The maximum absolute atomic E-state index is 12.7. The molecular weight excluding hydrogens is 398 g/mol. The van der Waals surface area contributed by atoms with Crippen molar-refractivity contribution in [2.45, 2.75) is 75.4 Å². The van der Waals surface area contributed by atoms with Crippen molar-refractivity contribution in [1.29, 1.82) is 0 Å². The number of halogens is 1. The van der Waals surface area contributed by atoms with Gasteiger partial charge in [0.2, 0.25) is 10.0 Å². The van der Waals surface area contributed by atoms with Gasteiger partial charge in [-0.1, -0.05) is 6.42 Å². The van der Waals surface area contributed by atoms with E-state index in [4.69, 9.17) is 5.73 Å². The smallest absolute Gasteiger partial charge is 0.251 e. The summed E-state index contributed by atoms with van der Waals surface area (Å²) in [7, 11) is -3.60. The van der Waals surface area contributed by atoms with E-state index < -0.39 is 15.6 Å². The fraction of sp³-hybridized carbons (Fsp3) is 0.650. The van der Waals surface area contributed by atoms with E-state index in [1.165, 1.54) is 18.6 Å². The van der Waals surface area contributed by atoms with Crippen LogP contribution in [0.3, 0.4) is 0 Å². The first-order valence-electron chi connectivity index (χ1n) is 9.76. The number of fused-ring (bicyclic) bond motifs is 2. The average molecular weight is 430 g/mol. The molecule has 2 atom stereocenters. The Balaban J connectivity index is 0.00000280. The van der Waals surface area contributed by atoms with Crippen molar-refractivity contribution in [3.05, 3.63) is 29.8 Å². The van der Waals surface area contributed by atoms with E-state index in [0.29, 0.717) is 17.4 Å². The number of sulfonamides is 1. The molecule has 0 spiro atoms. The fourth-order valence-corrected chi connectivity index (χ4v) is 5.93. The van der Waals surface area contributed by atoms with Crippen LogP contribution in [0, 0.1) is 11.8 Å². The normalized spacial score (nSPS) is 27.6. The predicted octanol–water partition coefficient (Wildman–Crippen LogP) is 2.82. The summed E-state index contributed by atoms with van der Waals surface area (Å²) in [6.07, 6.45) is 5.38. The maximum Gasteiger partial charge on any atom is 0.251 e. The monoisotopic (exact) mass is 429 g/mol. The Morgan fingerprint density at radius 3 is 2.11 bits per heavy atom. The minimum Gasteiger partial charge on any atom is -0.349 e. The van der Waals surface area contributed by atoms with Crippen LogP contribution in [0.2, 0.25) is 0 Å². The zero-order valence-electron chi connectivity index (χ0n) is 16.8. The molecule has 0 saturated heterocycles. The molecule has 2 bridgehead atoms. The van der Waals surface area contributed by atoms with Crippen LogP contribution in [0.15, 0.2) is 29.2 Å². The Morgan fingerprint density at radius 1 is 1.07 bits per heavy atom. The summed E-state index contributed by atoms with van der Waals surface area (Å²) < 4.78 is 27.4. The zero-order valence-corrected chi connectivity index (χ0v) is 18.4. The maximum atomic E-state index is 12.7. The van der Waals surface area contributed by atoms with Crippen molar-refractivity contribution in [3.8, 4) is 0 Å². The molecule has 2 aliphatic rings. The SMILES string of the molecule is CC(C)(C)NS(=O)(=O)c1ccc(C(=O)NC2C3CCCC2CC(N)C3)cc1.Cl. The van der Waals surface area contributed by atoms with E-state index in [2.05, 4.69) is 10.0 Å². The van der Waals surface area contributed by atoms with Crippen LogP contribution >= 0.6 is 12.4 Å². The molecule has 6 nitrogen and oxygen atoms in total. The number of nitrogens with two attached hydrogens (primary N) is 1. The van der Waals surface area contributed by atoms with Gasteiger partial charge in [-0.3, -0.25) is 4.79 Å². The first kappa shape index (κ1) is 23.1. The minimum atomic E-state index is -3.60. The topological polar surface area (TPSA) is 101 Å². The third-order valence-corrected chi connectivity index (χ3v) is 7.32. The van der Waals surface area contributed by atoms with Gasteiger partial charge in [0.25, 0.3) is 5.91 Å². The quantitative estimate of drug-likeness (QED) is 0.684. The molecule has 3 rings (SSSR count). The van der Waals surface area contributed by atoms with Crippen LogP contribution in [0.25, 0.3) is 0 Å². The lowest BCUT2D eigenvalue weighted by molar-refractivity contribution is 0.0756. The lowest BCUT2D eigenvalue weighted by atomic mass is 9.67. The van der Waals surface area contributed by atoms with Crippen LogP contribution in [0.5, 0.6) is 0 Å². The molecule has 2 aliphatic carbocycles. The number of rotatable bonds is 4. The molecular formula is C20H32ClN3O3S. The molecule has 2 saturated carbocycles. The molecule has 1 aromatic carbocycles. The van der Waals surface area contributed by atoms with Gasteiger partial charge in [0, 0.05) is 23.2 Å². The number of benzene rings is 1. The molecule has 0 heterocycles. The van der Waals surface area contributed by atoms with Crippen molar-refractivity contribution in [2.75, 3.05) is 0 Å². The van der Waals surface area contributed by atoms with E-state index in [1.807, 2.05) is 0 Å². The molecule has 4 N–H and O–H groups in total. The minimum absolute atomic E-state index is 0. The highest BCUT2D eigenvalue weighted by molar-refractivity contribution is 7.89. The lowest BCUT2D eigenvalue weighted by Gasteiger charge is -2.45. The van der Waals surface area contributed by atoms with E-state index in [9.17, 15) is 13.2 Å². The highest BCUT2D eigenvalue weighted by Gasteiger charge is 2.40. The third kappa shape index (κ3) is 5.47. The van der Waals surface area contributed by atoms with Crippen molar-refractivity contribution in [1.82, 2.24) is 10.0 Å². The Hall–Kier alpha value is -1.15. The highest BCUT2D eigenvalue weighted by atomic mass is 35.5. The second kappa shape index (κ2) is 8.69. The van der Waals surface area contributed by atoms with Gasteiger partial charge in [-0.2, -0.15) is 0 Å². The first-order chi connectivity index (χ1) is 12.5. The van der Waals surface area contributed by atoms with Gasteiger partial charge in [0.05, 0.1) is 4.90 Å². The Bertz CT molecular complexity index is 776. The molecule has 28 heavy (non-hydrogen) atoms. The summed E-state index contributed by atoms with van der Waals surface area (Å²) in [5.41, 5.74) is 6.08. The van der Waals surface area contributed by atoms with E-state index in [1.54, 1.807) is 32.9 Å². The Labute approximate surface area is 174 Å². The predicted molar refractivity (Wildman–Crippen MR) is 113 cm³/mol. The van der Waals surface area contributed by atoms with Crippen LogP contribution in [-0.2, 0) is 10.0 Å². The average Bonchev–Trinajstić information content (AvgIpc) is 2.53. The summed E-state index contributed by atoms with van der Waals surface area (Å²) in [6, 6.07) is 6.56. The third-order valence-electron chi connectivity index (χ3n) is 5.54. The summed E-state index contributed by atoms with van der Waals surface area (Å²) in [5.74, 6) is 0.763. The van der Waals surface area contributed by atoms with Crippen molar-refractivity contribution < 1.29 is 13.2 Å². The van der Waals surface area contributed by atoms with Gasteiger partial charge in [0.1, 0.15) is 0 Å². The van der Waals surface area contributed by atoms with Crippen molar-refractivity contribution in [3.63, 3.8) is 0 Å². The van der Waals surface area contributed by atoms with Gasteiger partial charge >= 0.3 is 0 Å². The summed E-state index contributed by atoms with van der Waals surface area (Å²) in [6.45, 7) is 5.37. The highest BCUT2D eigenvalue weighted by Crippen LogP contribution is 2.39. The van der Waals surface area contributed by atoms with Gasteiger partial charge < -0.3 is 11.1 Å². The van der Waals surface area contributed by atoms with E-state index >= 15 is 0 Å². The van der Waals surface area contributed by atoms with Crippen LogP contribution in [-0.4, -0.2) is 31.9 Å². The summed E-state index contributed by atoms with van der Waals surface area (Å²) in [4.78, 5) is 12.9. The van der Waals surface area contributed by atoms with Gasteiger partial charge in [-0.15, -0.1) is 12.4 Å². The van der Waals surface area contributed by atoms with E-state index in [-0.39, 0.29) is 35.3 Å². The molecule has 0 aliphatic heterocycles. The molecule has 0 aromatic heterocycles. The zero-order chi connectivity index (χ0) is 19.8. The van der Waals surface area contributed by atoms with Crippen LogP contribution < -0.4 is 15.8 Å². The Kier molecular flexibility index (Phi) is 7.18. The van der Waals surface area contributed by atoms with Gasteiger partial charge in [-0.25, -0.2) is 13.1 Å². The van der Waals surface area contributed by atoms with Crippen molar-refractivity contribution in [2.24, 2.45) is 17.6 Å². The number of nitrogens with one attached hydrogen (secondary N) is 2. The second-order valence-corrected chi connectivity index (χ2v) is 10.7. The van der Waals surface area contributed by atoms with Crippen LogP contribution in [0.4, 0.5) is 0 Å². The largest absolute Gasteiger partial charge is 0.349 e. The van der Waals surface area contributed by atoms with Gasteiger partial charge in [-0.05, 0) is 82.6 Å². The standard InChI is InChI=1S/C20H31N3O3S.ClH/c1-20(2,3)23-27(25,26)17-9-7-13(8-10-17)19(24)22-18-14-5-4-6-15(18)12-16(21)11-14;/h7-10,14-16,18,23H,4-6,11-12,21H2,1-3H3,(H,22,24);1H. The molecule has 1 aromatic rings. The molecule has 0 radical (unpaired) electrons.